The molecule has 0 aromatic heterocycles. The maximum Gasteiger partial charge on any atom is 0.0319 e. The number of benzene rings is 1. The van der Waals surface area contributed by atoms with Gasteiger partial charge in [0.15, 0.2) is 0 Å². The van der Waals surface area contributed by atoms with Crippen molar-refractivity contribution in [2.75, 3.05) is 5.73 Å². The molecule has 1 atom stereocenters. The SMILES string of the molecule is Cc1cc(N)cc(C)c1CP. The van der Waals surface area contributed by atoms with Gasteiger partial charge in [0, 0.05) is 5.69 Å². The summed E-state index contributed by atoms with van der Waals surface area (Å²) in [5.74, 6) is 0. The van der Waals surface area contributed by atoms with Crippen molar-refractivity contribution < 1.29 is 0 Å². The van der Waals surface area contributed by atoms with Crippen LogP contribution >= 0.6 is 9.24 Å². The van der Waals surface area contributed by atoms with Crippen LogP contribution in [0.4, 0.5) is 5.69 Å². The number of aryl methyl sites for hydroxylation is 2. The molecule has 2 N–H and O–H groups in total. The minimum atomic E-state index is 0.863. The first-order chi connectivity index (χ1) is 5.15. The van der Waals surface area contributed by atoms with E-state index in [0.717, 1.165) is 11.8 Å². The van der Waals surface area contributed by atoms with Gasteiger partial charge in [-0.15, -0.1) is 9.24 Å². The van der Waals surface area contributed by atoms with E-state index in [1.54, 1.807) is 0 Å². The van der Waals surface area contributed by atoms with Crippen molar-refractivity contribution in [3.05, 3.63) is 28.8 Å². The zero-order chi connectivity index (χ0) is 8.43. The summed E-state index contributed by atoms with van der Waals surface area (Å²) in [5.41, 5.74) is 10.5. The van der Waals surface area contributed by atoms with E-state index in [4.69, 9.17) is 5.73 Å². The molecule has 1 unspecified atom stereocenters. The number of nitrogen functional groups attached to an aromatic ring is 1. The maximum absolute atomic E-state index is 5.68. The van der Waals surface area contributed by atoms with Crippen LogP contribution in [0.5, 0.6) is 0 Å². The van der Waals surface area contributed by atoms with E-state index in [1.165, 1.54) is 16.7 Å². The van der Waals surface area contributed by atoms with Crippen LogP contribution in [0.2, 0.25) is 0 Å². The fourth-order valence-electron chi connectivity index (χ4n) is 1.35. The average Bonchev–Trinajstić information content (AvgIpc) is 1.85. The number of nitrogens with two attached hydrogens (primary N) is 1. The van der Waals surface area contributed by atoms with Crippen molar-refractivity contribution in [2.45, 2.75) is 20.0 Å². The molecule has 1 aromatic carbocycles. The molecule has 1 aromatic rings. The van der Waals surface area contributed by atoms with Gasteiger partial charge < -0.3 is 5.73 Å². The fraction of sp³-hybridized carbons (Fsp3) is 0.333. The second-order valence-corrected chi connectivity index (χ2v) is 3.25. The summed E-state index contributed by atoms with van der Waals surface area (Å²) < 4.78 is 0. The summed E-state index contributed by atoms with van der Waals surface area (Å²) in [4.78, 5) is 0. The molecule has 0 aliphatic rings. The monoisotopic (exact) mass is 167 g/mol. The standard InChI is InChI=1S/C9H14NP/c1-6-3-8(10)4-7(2)9(6)5-11/h3-4H,5,10-11H2,1-2H3. The van der Waals surface area contributed by atoms with Gasteiger partial charge >= 0.3 is 0 Å². The maximum atomic E-state index is 5.68. The van der Waals surface area contributed by atoms with Crippen LogP contribution in [0, 0.1) is 13.8 Å². The first-order valence-corrected chi connectivity index (χ1v) is 4.52. The van der Waals surface area contributed by atoms with Crippen molar-refractivity contribution in [1.29, 1.82) is 0 Å². The second kappa shape index (κ2) is 3.23. The van der Waals surface area contributed by atoms with E-state index < -0.39 is 0 Å². The number of anilines is 1. The Morgan fingerprint density at radius 2 is 1.73 bits per heavy atom. The highest BCUT2D eigenvalue weighted by atomic mass is 31.0. The predicted octanol–water partition coefficient (Wildman–Crippen LogP) is 2.26. The quantitative estimate of drug-likeness (QED) is 0.504. The Balaban J connectivity index is 3.25. The lowest BCUT2D eigenvalue weighted by atomic mass is 10.0. The van der Waals surface area contributed by atoms with Crippen LogP contribution in [0.15, 0.2) is 12.1 Å². The van der Waals surface area contributed by atoms with E-state index in [1.807, 2.05) is 12.1 Å². The first kappa shape index (κ1) is 8.55. The molecule has 1 nitrogen and oxygen atoms in total. The summed E-state index contributed by atoms with van der Waals surface area (Å²) in [6, 6.07) is 4.04. The van der Waals surface area contributed by atoms with Gasteiger partial charge in [-0.25, -0.2) is 0 Å². The zero-order valence-electron chi connectivity index (χ0n) is 7.02. The van der Waals surface area contributed by atoms with Crippen molar-refractivity contribution in [3.63, 3.8) is 0 Å². The van der Waals surface area contributed by atoms with E-state index >= 15 is 0 Å². The van der Waals surface area contributed by atoms with Crippen molar-refractivity contribution >= 4 is 14.9 Å². The van der Waals surface area contributed by atoms with Gasteiger partial charge in [-0.1, -0.05) is 0 Å². The molecule has 0 fully saturated rings. The summed E-state index contributed by atoms with van der Waals surface area (Å²) in [7, 11) is 2.74. The molecule has 11 heavy (non-hydrogen) atoms. The molecule has 2 heteroatoms. The molecule has 0 saturated heterocycles. The summed E-state index contributed by atoms with van der Waals surface area (Å²) >= 11 is 0. The molecule has 0 aliphatic heterocycles. The zero-order valence-corrected chi connectivity index (χ0v) is 8.17. The first-order valence-electron chi connectivity index (χ1n) is 3.71. The smallest absolute Gasteiger partial charge is 0.0319 e. The predicted molar refractivity (Wildman–Crippen MR) is 53.7 cm³/mol. The molecule has 0 spiro atoms. The molecule has 0 radical (unpaired) electrons. The molecular weight excluding hydrogens is 153 g/mol. The third-order valence-corrected chi connectivity index (χ3v) is 2.33. The molecule has 1 rings (SSSR count). The lowest BCUT2D eigenvalue weighted by Crippen LogP contribution is -1.93. The Hall–Kier alpha value is -0.550. The topological polar surface area (TPSA) is 26.0 Å². The van der Waals surface area contributed by atoms with Crippen LogP contribution < -0.4 is 5.73 Å². The highest BCUT2D eigenvalue weighted by Crippen LogP contribution is 2.20. The highest BCUT2D eigenvalue weighted by Gasteiger charge is 2.00. The summed E-state index contributed by atoms with van der Waals surface area (Å²) in [6.45, 7) is 4.20. The van der Waals surface area contributed by atoms with Gasteiger partial charge in [-0.2, -0.15) is 0 Å². The number of hydrogen-bond donors (Lipinski definition) is 1. The van der Waals surface area contributed by atoms with E-state index in [-0.39, 0.29) is 0 Å². The minimum absolute atomic E-state index is 0.863. The minimum Gasteiger partial charge on any atom is -0.399 e. The van der Waals surface area contributed by atoms with E-state index in [0.29, 0.717) is 0 Å². The van der Waals surface area contributed by atoms with Gasteiger partial charge in [0.25, 0.3) is 0 Å². The Morgan fingerprint density at radius 3 is 2.09 bits per heavy atom. The van der Waals surface area contributed by atoms with Crippen LogP contribution in [0.3, 0.4) is 0 Å². The molecule has 0 aliphatic carbocycles. The van der Waals surface area contributed by atoms with Crippen LogP contribution in [0.25, 0.3) is 0 Å². The van der Waals surface area contributed by atoms with Gasteiger partial charge in [-0.05, 0) is 48.8 Å². The average molecular weight is 167 g/mol. The third kappa shape index (κ3) is 1.72. The third-order valence-electron chi connectivity index (χ3n) is 1.92. The molecule has 0 heterocycles. The van der Waals surface area contributed by atoms with Crippen molar-refractivity contribution in [3.8, 4) is 0 Å². The fourth-order valence-corrected chi connectivity index (χ4v) is 1.99. The van der Waals surface area contributed by atoms with E-state index in [2.05, 4.69) is 23.1 Å². The lowest BCUT2D eigenvalue weighted by Gasteiger charge is -2.07. The number of rotatable bonds is 1. The van der Waals surface area contributed by atoms with Crippen molar-refractivity contribution in [2.24, 2.45) is 0 Å². The Bertz CT molecular complexity index is 245. The Morgan fingerprint density at radius 1 is 1.27 bits per heavy atom. The largest absolute Gasteiger partial charge is 0.399 e. The van der Waals surface area contributed by atoms with Crippen LogP contribution in [0.1, 0.15) is 16.7 Å². The van der Waals surface area contributed by atoms with Crippen molar-refractivity contribution in [1.82, 2.24) is 0 Å². The highest BCUT2D eigenvalue weighted by molar-refractivity contribution is 7.15. The van der Waals surface area contributed by atoms with Crippen LogP contribution in [-0.4, -0.2) is 0 Å². The molecule has 0 bridgehead atoms. The molecule has 0 saturated carbocycles. The molecule has 60 valence electrons. The summed E-state index contributed by atoms with van der Waals surface area (Å²) in [6.07, 6.45) is 1.01. The summed E-state index contributed by atoms with van der Waals surface area (Å²) in [5, 5.41) is 0. The van der Waals surface area contributed by atoms with Gasteiger partial charge in [0.1, 0.15) is 0 Å². The van der Waals surface area contributed by atoms with Gasteiger partial charge in [0.2, 0.25) is 0 Å². The molecule has 0 amide bonds. The van der Waals surface area contributed by atoms with Crippen LogP contribution in [-0.2, 0) is 6.16 Å². The normalized spacial score (nSPS) is 10.1. The number of hydrogen-bond acceptors (Lipinski definition) is 1. The lowest BCUT2D eigenvalue weighted by molar-refractivity contribution is 1.24. The second-order valence-electron chi connectivity index (χ2n) is 2.84. The van der Waals surface area contributed by atoms with Gasteiger partial charge in [0.05, 0.1) is 0 Å². The van der Waals surface area contributed by atoms with Gasteiger partial charge in [-0.3, -0.25) is 0 Å². The van der Waals surface area contributed by atoms with E-state index in [9.17, 15) is 0 Å². The molecular formula is C9H14NP. The Kier molecular flexibility index (Phi) is 2.51. The Labute approximate surface area is 70.2 Å².